The van der Waals surface area contributed by atoms with E-state index in [-0.39, 0.29) is 21.5 Å². The molecule has 0 amide bonds. The number of sulfonamides is 1. The summed E-state index contributed by atoms with van der Waals surface area (Å²) < 4.78 is 41.0. The van der Waals surface area contributed by atoms with E-state index in [4.69, 9.17) is 5.73 Å². The lowest BCUT2D eigenvalue weighted by Crippen LogP contribution is -2.51. The van der Waals surface area contributed by atoms with Gasteiger partial charge in [0.05, 0.1) is 4.47 Å². The van der Waals surface area contributed by atoms with Crippen LogP contribution in [0.1, 0.15) is 26.2 Å². The fraction of sp³-hybridized carbons (Fsp3) is 0.538. The number of rotatable bonds is 3. The van der Waals surface area contributed by atoms with Crippen LogP contribution in [0.5, 0.6) is 0 Å². The van der Waals surface area contributed by atoms with Crippen LogP contribution < -0.4 is 5.73 Å². The molecule has 1 heterocycles. The van der Waals surface area contributed by atoms with Gasteiger partial charge in [0.1, 0.15) is 4.90 Å². The Morgan fingerprint density at radius 3 is 2.80 bits per heavy atom. The van der Waals surface area contributed by atoms with Crippen molar-refractivity contribution in [2.45, 2.75) is 43.2 Å². The Kier molecular flexibility index (Phi) is 4.84. The molecule has 1 aromatic carbocycles. The molecule has 1 aromatic rings. The van der Waals surface area contributed by atoms with E-state index < -0.39 is 15.8 Å². The first-order valence-corrected chi connectivity index (χ1v) is 8.80. The molecule has 0 bridgehead atoms. The van der Waals surface area contributed by atoms with Gasteiger partial charge in [-0.05, 0) is 47.8 Å². The summed E-state index contributed by atoms with van der Waals surface area (Å²) >= 11 is 3.02. The maximum absolute atomic E-state index is 14.1. The summed E-state index contributed by atoms with van der Waals surface area (Å²) in [6.45, 7) is 2.18. The standard InChI is InChI=1S/C13H18BrFN2O2S/c1-9(16)11-6-2-3-8-17(11)20(18,19)12-7-4-5-10(14)13(12)15/h4-5,7,9,11H,2-3,6,8,16H2,1H3. The largest absolute Gasteiger partial charge is 0.326 e. The molecule has 0 aromatic heterocycles. The number of hydrogen-bond donors (Lipinski definition) is 1. The molecule has 0 spiro atoms. The van der Waals surface area contributed by atoms with Crippen LogP contribution in [0.3, 0.4) is 0 Å². The zero-order valence-corrected chi connectivity index (χ0v) is 13.6. The predicted molar refractivity (Wildman–Crippen MR) is 79.3 cm³/mol. The van der Waals surface area contributed by atoms with Crippen LogP contribution in [-0.4, -0.2) is 31.4 Å². The van der Waals surface area contributed by atoms with Crippen LogP contribution in [0.2, 0.25) is 0 Å². The van der Waals surface area contributed by atoms with Gasteiger partial charge in [-0.25, -0.2) is 12.8 Å². The Balaban J connectivity index is 2.45. The summed E-state index contributed by atoms with van der Waals surface area (Å²) in [6.07, 6.45) is 2.43. The number of piperidine rings is 1. The molecule has 0 aliphatic carbocycles. The summed E-state index contributed by atoms with van der Waals surface area (Å²) in [7, 11) is -3.86. The second kappa shape index (κ2) is 6.09. The van der Waals surface area contributed by atoms with Gasteiger partial charge in [-0.3, -0.25) is 0 Å². The van der Waals surface area contributed by atoms with Crippen molar-refractivity contribution in [2.24, 2.45) is 5.73 Å². The molecular formula is C13H18BrFN2O2S. The highest BCUT2D eigenvalue weighted by Gasteiger charge is 2.36. The first-order chi connectivity index (χ1) is 9.35. The van der Waals surface area contributed by atoms with E-state index in [0.717, 1.165) is 12.8 Å². The fourth-order valence-corrected chi connectivity index (χ4v) is 4.92. The summed E-state index contributed by atoms with van der Waals surface area (Å²) in [5, 5.41) is 0. The lowest BCUT2D eigenvalue weighted by molar-refractivity contribution is 0.226. The summed E-state index contributed by atoms with van der Waals surface area (Å²) in [5.74, 6) is -0.749. The van der Waals surface area contributed by atoms with E-state index in [1.165, 1.54) is 22.5 Å². The molecule has 0 saturated carbocycles. The third kappa shape index (κ3) is 2.90. The van der Waals surface area contributed by atoms with Gasteiger partial charge in [0, 0.05) is 18.6 Å². The van der Waals surface area contributed by atoms with E-state index >= 15 is 0 Å². The molecule has 1 fully saturated rings. The highest BCUT2D eigenvalue weighted by atomic mass is 79.9. The fourth-order valence-electron chi connectivity index (χ4n) is 2.56. The quantitative estimate of drug-likeness (QED) is 0.895. The molecule has 1 aliphatic rings. The number of nitrogens with zero attached hydrogens (tertiary/aromatic N) is 1. The molecular weight excluding hydrogens is 347 g/mol. The monoisotopic (exact) mass is 364 g/mol. The average molecular weight is 365 g/mol. The zero-order valence-electron chi connectivity index (χ0n) is 11.2. The molecule has 2 atom stereocenters. The Bertz CT molecular complexity index is 592. The Morgan fingerprint density at radius 2 is 2.15 bits per heavy atom. The molecule has 0 radical (unpaired) electrons. The van der Waals surface area contributed by atoms with Crippen LogP contribution in [0.25, 0.3) is 0 Å². The van der Waals surface area contributed by atoms with Crippen molar-refractivity contribution in [3.63, 3.8) is 0 Å². The summed E-state index contributed by atoms with van der Waals surface area (Å²) in [5.41, 5.74) is 5.89. The minimum absolute atomic E-state index is 0.146. The van der Waals surface area contributed by atoms with Gasteiger partial charge >= 0.3 is 0 Å². The first-order valence-electron chi connectivity index (χ1n) is 6.57. The lowest BCUT2D eigenvalue weighted by atomic mass is 10.00. The van der Waals surface area contributed by atoms with E-state index in [9.17, 15) is 12.8 Å². The molecule has 4 nitrogen and oxygen atoms in total. The maximum atomic E-state index is 14.1. The van der Waals surface area contributed by atoms with Crippen LogP contribution in [0.4, 0.5) is 4.39 Å². The number of hydrogen-bond acceptors (Lipinski definition) is 3. The Hall–Kier alpha value is -0.500. The molecule has 112 valence electrons. The van der Waals surface area contributed by atoms with Gasteiger partial charge in [-0.1, -0.05) is 12.5 Å². The molecule has 2 rings (SSSR count). The van der Waals surface area contributed by atoms with Gasteiger partial charge < -0.3 is 5.73 Å². The highest BCUT2D eigenvalue weighted by molar-refractivity contribution is 9.10. The SMILES string of the molecule is CC(N)C1CCCCN1S(=O)(=O)c1cccc(Br)c1F. The Morgan fingerprint density at radius 1 is 1.45 bits per heavy atom. The first kappa shape index (κ1) is 15.9. The highest BCUT2D eigenvalue weighted by Crippen LogP contribution is 2.30. The van der Waals surface area contributed by atoms with Crippen molar-refractivity contribution in [1.29, 1.82) is 0 Å². The van der Waals surface area contributed by atoms with Crippen molar-refractivity contribution in [1.82, 2.24) is 4.31 Å². The van der Waals surface area contributed by atoms with E-state index in [2.05, 4.69) is 15.9 Å². The maximum Gasteiger partial charge on any atom is 0.246 e. The van der Waals surface area contributed by atoms with Crippen molar-refractivity contribution in [3.05, 3.63) is 28.5 Å². The van der Waals surface area contributed by atoms with Crippen LogP contribution in [0, 0.1) is 5.82 Å². The third-order valence-electron chi connectivity index (χ3n) is 3.61. The van der Waals surface area contributed by atoms with Crippen molar-refractivity contribution < 1.29 is 12.8 Å². The molecule has 2 N–H and O–H groups in total. The smallest absolute Gasteiger partial charge is 0.246 e. The zero-order chi connectivity index (χ0) is 14.9. The van der Waals surface area contributed by atoms with Gasteiger partial charge in [0.15, 0.2) is 5.82 Å². The average Bonchev–Trinajstić information content (AvgIpc) is 2.41. The molecule has 1 saturated heterocycles. The van der Waals surface area contributed by atoms with E-state index in [1.807, 2.05) is 0 Å². The topological polar surface area (TPSA) is 63.4 Å². The van der Waals surface area contributed by atoms with Gasteiger partial charge in [-0.2, -0.15) is 4.31 Å². The number of nitrogens with two attached hydrogens (primary N) is 1. The molecule has 2 unspecified atom stereocenters. The second-order valence-corrected chi connectivity index (χ2v) is 7.80. The van der Waals surface area contributed by atoms with Gasteiger partial charge in [0.2, 0.25) is 10.0 Å². The van der Waals surface area contributed by atoms with E-state index in [0.29, 0.717) is 13.0 Å². The minimum atomic E-state index is -3.86. The predicted octanol–water partition coefficient (Wildman–Crippen LogP) is 2.48. The molecule has 1 aliphatic heterocycles. The van der Waals surface area contributed by atoms with Crippen molar-refractivity contribution in [2.75, 3.05) is 6.54 Å². The van der Waals surface area contributed by atoms with Crippen LogP contribution in [-0.2, 0) is 10.0 Å². The van der Waals surface area contributed by atoms with Crippen LogP contribution in [0.15, 0.2) is 27.6 Å². The van der Waals surface area contributed by atoms with Crippen molar-refractivity contribution in [3.8, 4) is 0 Å². The van der Waals surface area contributed by atoms with Crippen LogP contribution >= 0.6 is 15.9 Å². The lowest BCUT2D eigenvalue weighted by Gasteiger charge is -2.36. The Labute approximate surface area is 127 Å². The normalized spacial score (nSPS) is 22.7. The third-order valence-corrected chi connectivity index (χ3v) is 6.16. The van der Waals surface area contributed by atoms with Gasteiger partial charge in [-0.15, -0.1) is 0 Å². The number of benzene rings is 1. The molecule has 20 heavy (non-hydrogen) atoms. The minimum Gasteiger partial charge on any atom is -0.326 e. The van der Waals surface area contributed by atoms with Crippen molar-refractivity contribution >= 4 is 26.0 Å². The van der Waals surface area contributed by atoms with Gasteiger partial charge in [0.25, 0.3) is 0 Å². The second-order valence-electron chi connectivity index (χ2n) is 5.09. The summed E-state index contributed by atoms with van der Waals surface area (Å²) in [6, 6.07) is 3.74. The number of halogens is 2. The van der Waals surface area contributed by atoms with E-state index in [1.54, 1.807) is 6.92 Å². The summed E-state index contributed by atoms with van der Waals surface area (Å²) in [4.78, 5) is -0.292. The molecule has 7 heteroatoms.